The van der Waals surface area contributed by atoms with Crippen molar-refractivity contribution in [2.75, 3.05) is 25.1 Å². The average molecular weight is 196 g/mol. The molecule has 0 saturated carbocycles. The highest BCUT2D eigenvalue weighted by Gasteiger charge is 1.92. The van der Waals surface area contributed by atoms with E-state index in [9.17, 15) is 0 Å². The van der Waals surface area contributed by atoms with Crippen LogP contribution in [-0.2, 0) is 6.42 Å². The summed E-state index contributed by atoms with van der Waals surface area (Å²) in [7, 11) is 1.99. The van der Waals surface area contributed by atoms with Crippen LogP contribution >= 0.6 is 11.8 Å². The molecular formula is C10H16N2S. The molecule has 0 fully saturated rings. The molecule has 0 bridgehead atoms. The van der Waals surface area contributed by atoms with Gasteiger partial charge in [-0.3, -0.25) is 4.98 Å². The molecular weight excluding hydrogens is 180 g/mol. The van der Waals surface area contributed by atoms with Crippen molar-refractivity contribution in [3.63, 3.8) is 0 Å². The Morgan fingerprint density at radius 3 is 3.00 bits per heavy atom. The molecule has 1 aromatic rings. The third-order valence-corrected chi connectivity index (χ3v) is 2.71. The number of hydrogen-bond donors (Lipinski definition) is 1. The fraction of sp³-hybridized carbons (Fsp3) is 0.500. The van der Waals surface area contributed by atoms with Gasteiger partial charge in [-0.1, -0.05) is 6.07 Å². The lowest BCUT2D eigenvalue weighted by Crippen LogP contribution is -2.10. The Morgan fingerprint density at radius 1 is 1.38 bits per heavy atom. The Kier molecular flexibility index (Phi) is 5.61. The Balaban J connectivity index is 2.07. The van der Waals surface area contributed by atoms with Gasteiger partial charge in [0.25, 0.3) is 0 Å². The summed E-state index contributed by atoms with van der Waals surface area (Å²) >= 11 is 1.97. The highest BCUT2D eigenvalue weighted by atomic mass is 32.2. The van der Waals surface area contributed by atoms with E-state index >= 15 is 0 Å². The lowest BCUT2D eigenvalue weighted by atomic mass is 10.3. The number of pyridine rings is 1. The largest absolute Gasteiger partial charge is 0.319 e. The summed E-state index contributed by atoms with van der Waals surface area (Å²) in [6.45, 7) is 1.09. The number of nitrogens with one attached hydrogen (secondary N) is 1. The van der Waals surface area contributed by atoms with Gasteiger partial charge in [-0.25, -0.2) is 0 Å². The summed E-state index contributed by atoms with van der Waals surface area (Å²) in [4.78, 5) is 4.27. The zero-order chi connectivity index (χ0) is 9.36. The van der Waals surface area contributed by atoms with Crippen LogP contribution in [0.5, 0.6) is 0 Å². The molecule has 0 aliphatic carbocycles. The molecule has 0 atom stereocenters. The van der Waals surface area contributed by atoms with E-state index in [-0.39, 0.29) is 0 Å². The molecule has 0 spiro atoms. The van der Waals surface area contributed by atoms with Crippen LogP contribution in [0.25, 0.3) is 0 Å². The smallest absolute Gasteiger partial charge is 0.0411 e. The Hall–Kier alpha value is -0.540. The molecule has 0 aliphatic rings. The van der Waals surface area contributed by atoms with Gasteiger partial charge in [0.2, 0.25) is 0 Å². The second kappa shape index (κ2) is 6.92. The third kappa shape index (κ3) is 4.90. The minimum Gasteiger partial charge on any atom is -0.319 e. The summed E-state index contributed by atoms with van der Waals surface area (Å²) in [6.07, 6.45) is 2.93. The van der Waals surface area contributed by atoms with Gasteiger partial charge < -0.3 is 5.32 Å². The first-order valence-corrected chi connectivity index (χ1v) is 5.71. The zero-order valence-corrected chi connectivity index (χ0v) is 8.81. The van der Waals surface area contributed by atoms with Crippen LogP contribution in [0, 0.1) is 0 Å². The lowest BCUT2D eigenvalue weighted by molar-refractivity contribution is 0.871. The summed E-state index contributed by atoms with van der Waals surface area (Å²) < 4.78 is 0. The van der Waals surface area contributed by atoms with Gasteiger partial charge in [-0.05, 0) is 31.4 Å². The maximum atomic E-state index is 4.27. The normalized spacial score (nSPS) is 10.2. The van der Waals surface area contributed by atoms with E-state index in [0.29, 0.717) is 0 Å². The van der Waals surface area contributed by atoms with E-state index in [0.717, 1.165) is 13.0 Å². The first-order valence-electron chi connectivity index (χ1n) is 4.55. The molecule has 0 unspecified atom stereocenters. The molecule has 0 radical (unpaired) electrons. The van der Waals surface area contributed by atoms with E-state index in [1.165, 1.54) is 17.2 Å². The van der Waals surface area contributed by atoms with Crippen molar-refractivity contribution >= 4 is 11.8 Å². The van der Waals surface area contributed by atoms with Crippen molar-refractivity contribution < 1.29 is 0 Å². The topological polar surface area (TPSA) is 24.9 Å². The van der Waals surface area contributed by atoms with Gasteiger partial charge in [0.1, 0.15) is 0 Å². The van der Waals surface area contributed by atoms with E-state index in [4.69, 9.17) is 0 Å². The molecule has 1 rings (SSSR count). The third-order valence-electron chi connectivity index (χ3n) is 1.73. The van der Waals surface area contributed by atoms with Crippen molar-refractivity contribution in [3.8, 4) is 0 Å². The summed E-state index contributed by atoms with van der Waals surface area (Å²) in [5.41, 5.74) is 1.19. The second-order valence-electron chi connectivity index (χ2n) is 2.79. The van der Waals surface area contributed by atoms with Gasteiger partial charge in [-0.15, -0.1) is 0 Å². The first-order chi connectivity index (χ1) is 6.43. The highest BCUT2D eigenvalue weighted by molar-refractivity contribution is 7.99. The van der Waals surface area contributed by atoms with Crippen LogP contribution < -0.4 is 5.32 Å². The lowest BCUT2D eigenvalue weighted by Gasteiger charge is -2.00. The first kappa shape index (κ1) is 10.5. The summed E-state index contributed by atoms with van der Waals surface area (Å²) in [5, 5.41) is 3.13. The maximum absolute atomic E-state index is 4.27. The molecule has 13 heavy (non-hydrogen) atoms. The highest BCUT2D eigenvalue weighted by Crippen LogP contribution is 2.03. The standard InChI is InChI=1S/C10H16N2S/c1-11-7-9-13-8-5-10-4-2-3-6-12-10/h2-4,6,11H,5,7-9H2,1H3. The summed E-state index contributed by atoms with van der Waals surface area (Å²) in [5.74, 6) is 2.35. The zero-order valence-electron chi connectivity index (χ0n) is 7.99. The van der Waals surface area contributed by atoms with Crippen LogP contribution in [0.3, 0.4) is 0 Å². The number of rotatable bonds is 6. The Labute approximate surface area is 84.1 Å². The van der Waals surface area contributed by atoms with Gasteiger partial charge in [0.15, 0.2) is 0 Å². The molecule has 0 saturated heterocycles. The average Bonchev–Trinajstić information content (AvgIpc) is 2.19. The number of aromatic nitrogens is 1. The van der Waals surface area contributed by atoms with Crippen molar-refractivity contribution in [3.05, 3.63) is 30.1 Å². The summed E-state index contributed by atoms with van der Waals surface area (Å²) in [6, 6.07) is 6.08. The molecule has 1 N–H and O–H groups in total. The van der Waals surface area contributed by atoms with Crippen LogP contribution in [0.2, 0.25) is 0 Å². The Bertz CT molecular complexity index is 213. The monoisotopic (exact) mass is 196 g/mol. The predicted molar refractivity (Wildman–Crippen MR) is 59.2 cm³/mol. The Morgan fingerprint density at radius 2 is 2.31 bits per heavy atom. The van der Waals surface area contributed by atoms with Crippen molar-refractivity contribution in [1.29, 1.82) is 0 Å². The molecule has 2 nitrogen and oxygen atoms in total. The van der Waals surface area contributed by atoms with E-state index < -0.39 is 0 Å². The van der Waals surface area contributed by atoms with Gasteiger partial charge in [-0.2, -0.15) is 11.8 Å². The van der Waals surface area contributed by atoms with E-state index in [2.05, 4.69) is 16.4 Å². The predicted octanol–water partition coefficient (Wildman–Crippen LogP) is 1.58. The fourth-order valence-electron chi connectivity index (χ4n) is 0.999. The molecule has 0 amide bonds. The molecule has 0 aliphatic heterocycles. The minimum atomic E-state index is 1.08. The second-order valence-corrected chi connectivity index (χ2v) is 4.01. The van der Waals surface area contributed by atoms with Crippen LogP contribution in [0.4, 0.5) is 0 Å². The van der Waals surface area contributed by atoms with Crippen molar-refractivity contribution in [1.82, 2.24) is 10.3 Å². The van der Waals surface area contributed by atoms with E-state index in [1.54, 1.807) is 0 Å². The SMILES string of the molecule is CNCCSCCc1ccccn1. The molecule has 72 valence electrons. The molecule has 1 aromatic heterocycles. The van der Waals surface area contributed by atoms with Gasteiger partial charge >= 0.3 is 0 Å². The van der Waals surface area contributed by atoms with Crippen LogP contribution in [0.1, 0.15) is 5.69 Å². The van der Waals surface area contributed by atoms with Crippen molar-refractivity contribution in [2.45, 2.75) is 6.42 Å². The molecule has 1 heterocycles. The minimum absolute atomic E-state index is 1.08. The van der Waals surface area contributed by atoms with E-state index in [1.807, 2.05) is 37.1 Å². The quantitative estimate of drug-likeness (QED) is 0.699. The van der Waals surface area contributed by atoms with Gasteiger partial charge in [0, 0.05) is 24.2 Å². The van der Waals surface area contributed by atoms with Gasteiger partial charge in [0.05, 0.1) is 0 Å². The number of nitrogens with zero attached hydrogens (tertiary/aromatic N) is 1. The number of hydrogen-bond acceptors (Lipinski definition) is 3. The van der Waals surface area contributed by atoms with Crippen molar-refractivity contribution in [2.24, 2.45) is 0 Å². The number of aryl methyl sites for hydroxylation is 1. The van der Waals surface area contributed by atoms with Crippen LogP contribution in [0.15, 0.2) is 24.4 Å². The van der Waals surface area contributed by atoms with Crippen LogP contribution in [-0.4, -0.2) is 30.1 Å². The molecule has 0 aromatic carbocycles. The molecule has 3 heteroatoms. The fourth-order valence-corrected chi connectivity index (χ4v) is 1.91. The number of thioether (sulfide) groups is 1. The maximum Gasteiger partial charge on any atom is 0.0411 e.